The van der Waals surface area contributed by atoms with Crippen LogP contribution >= 0.6 is 0 Å². The Morgan fingerprint density at radius 3 is 2.33 bits per heavy atom. The molecule has 0 unspecified atom stereocenters. The zero-order valence-corrected chi connectivity index (χ0v) is 19.9. The van der Waals surface area contributed by atoms with Crippen molar-refractivity contribution in [3.8, 4) is 11.1 Å². The number of anilines is 1. The average molecular weight is 485 g/mol. The van der Waals surface area contributed by atoms with Gasteiger partial charge in [0.05, 0.1) is 10.6 Å². The molecule has 1 heterocycles. The van der Waals surface area contributed by atoms with E-state index in [1.807, 2.05) is 31.2 Å². The number of hydrogen-bond donors (Lipinski definition) is 1. The lowest BCUT2D eigenvalue weighted by Gasteiger charge is -2.17. The topological polar surface area (TPSA) is 121 Å². The third-order valence-corrected chi connectivity index (χ3v) is 5.88. The van der Waals surface area contributed by atoms with Gasteiger partial charge in [0.2, 0.25) is 0 Å². The van der Waals surface area contributed by atoms with Crippen molar-refractivity contribution in [3.05, 3.63) is 104 Å². The third-order valence-electron chi connectivity index (χ3n) is 5.88. The minimum Gasteiger partial charge on any atom is -0.451 e. The SMILES string of the molecule is Cc1ccc(-c2c(C(=O)OCC(=O)Nc3cc([N+](=O)[O-])ccc3C)n(C)c(=O)c3ccccc23)cc1. The Labute approximate surface area is 206 Å². The Bertz CT molecular complexity index is 1570. The number of carbonyl (C=O) groups is 2. The molecule has 0 fully saturated rings. The monoisotopic (exact) mass is 485 g/mol. The highest BCUT2D eigenvalue weighted by atomic mass is 16.6. The molecule has 0 saturated heterocycles. The molecule has 0 spiro atoms. The highest BCUT2D eigenvalue weighted by Crippen LogP contribution is 2.31. The molecule has 0 atom stereocenters. The van der Waals surface area contributed by atoms with E-state index in [2.05, 4.69) is 5.32 Å². The number of benzene rings is 3. The quantitative estimate of drug-likeness (QED) is 0.243. The summed E-state index contributed by atoms with van der Waals surface area (Å²) in [7, 11) is 1.48. The predicted octanol–water partition coefficient (Wildman–Crippen LogP) is 4.53. The van der Waals surface area contributed by atoms with Gasteiger partial charge in [0, 0.05) is 30.1 Å². The van der Waals surface area contributed by atoms with Gasteiger partial charge in [0.25, 0.3) is 17.2 Å². The summed E-state index contributed by atoms with van der Waals surface area (Å²) in [5.41, 5.74) is 2.59. The van der Waals surface area contributed by atoms with Crippen molar-refractivity contribution in [1.82, 2.24) is 4.57 Å². The average Bonchev–Trinajstić information content (AvgIpc) is 2.86. The van der Waals surface area contributed by atoms with E-state index in [4.69, 9.17) is 4.74 Å². The van der Waals surface area contributed by atoms with Gasteiger partial charge in [-0.2, -0.15) is 0 Å². The van der Waals surface area contributed by atoms with Crippen LogP contribution in [0.2, 0.25) is 0 Å². The molecule has 0 aliphatic rings. The molecule has 0 aliphatic heterocycles. The van der Waals surface area contributed by atoms with Crippen molar-refractivity contribution in [2.75, 3.05) is 11.9 Å². The lowest BCUT2D eigenvalue weighted by Crippen LogP contribution is -2.28. The first-order valence-corrected chi connectivity index (χ1v) is 11.1. The molecule has 1 amide bonds. The van der Waals surface area contributed by atoms with E-state index in [0.29, 0.717) is 21.9 Å². The largest absolute Gasteiger partial charge is 0.451 e. The fourth-order valence-electron chi connectivity index (χ4n) is 3.96. The number of fused-ring (bicyclic) bond motifs is 1. The molecular formula is C27H23N3O6. The van der Waals surface area contributed by atoms with E-state index < -0.39 is 23.4 Å². The van der Waals surface area contributed by atoms with Gasteiger partial charge in [0.15, 0.2) is 6.61 Å². The second-order valence-corrected chi connectivity index (χ2v) is 8.38. The van der Waals surface area contributed by atoms with Crippen LogP contribution in [0.3, 0.4) is 0 Å². The summed E-state index contributed by atoms with van der Waals surface area (Å²) in [4.78, 5) is 49.2. The number of amides is 1. The van der Waals surface area contributed by atoms with Gasteiger partial charge in [-0.1, -0.05) is 54.1 Å². The lowest BCUT2D eigenvalue weighted by atomic mass is 9.96. The molecular weight excluding hydrogens is 462 g/mol. The molecule has 0 radical (unpaired) electrons. The van der Waals surface area contributed by atoms with Crippen LogP contribution in [0.15, 0.2) is 71.5 Å². The van der Waals surface area contributed by atoms with Crippen LogP contribution in [0.5, 0.6) is 0 Å². The van der Waals surface area contributed by atoms with Gasteiger partial charge in [-0.25, -0.2) is 4.79 Å². The first-order chi connectivity index (χ1) is 17.2. The summed E-state index contributed by atoms with van der Waals surface area (Å²) in [6.45, 7) is 2.98. The van der Waals surface area contributed by atoms with E-state index in [1.54, 1.807) is 31.2 Å². The normalized spacial score (nSPS) is 10.8. The Hall–Kier alpha value is -4.79. The number of carbonyl (C=O) groups excluding carboxylic acids is 2. The molecule has 4 aromatic rings. The van der Waals surface area contributed by atoms with Crippen LogP contribution in [0.4, 0.5) is 11.4 Å². The van der Waals surface area contributed by atoms with Crippen LogP contribution in [0.25, 0.3) is 21.9 Å². The standard InChI is InChI=1S/C27H23N3O6/c1-16-8-11-18(12-9-16)24-20-6-4-5-7-21(20)26(32)29(3)25(24)27(33)36-15-23(31)28-22-14-19(30(34)35)13-10-17(22)2/h4-14H,15H2,1-3H3,(H,28,31). The van der Waals surface area contributed by atoms with Crippen LogP contribution in [0.1, 0.15) is 21.6 Å². The molecule has 182 valence electrons. The summed E-state index contributed by atoms with van der Waals surface area (Å²) < 4.78 is 6.53. The second-order valence-electron chi connectivity index (χ2n) is 8.38. The molecule has 0 saturated carbocycles. The molecule has 9 nitrogen and oxygen atoms in total. The Balaban J connectivity index is 1.67. The molecule has 0 bridgehead atoms. The number of hydrogen-bond acceptors (Lipinski definition) is 6. The van der Waals surface area contributed by atoms with E-state index in [9.17, 15) is 24.5 Å². The minimum atomic E-state index is -0.846. The summed E-state index contributed by atoms with van der Waals surface area (Å²) in [5.74, 6) is -1.52. The number of esters is 1. The maximum absolute atomic E-state index is 13.2. The molecule has 3 aromatic carbocycles. The van der Waals surface area contributed by atoms with E-state index in [-0.39, 0.29) is 22.6 Å². The molecule has 1 N–H and O–H groups in total. The first kappa shape index (κ1) is 24.3. The number of aryl methyl sites for hydroxylation is 2. The molecule has 9 heteroatoms. The number of non-ortho nitro benzene ring substituents is 1. The van der Waals surface area contributed by atoms with Gasteiger partial charge in [-0.05, 0) is 36.4 Å². The molecule has 36 heavy (non-hydrogen) atoms. The number of nitro groups is 1. The van der Waals surface area contributed by atoms with Crippen molar-refractivity contribution in [2.24, 2.45) is 7.05 Å². The zero-order valence-electron chi connectivity index (χ0n) is 19.9. The van der Waals surface area contributed by atoms with Crippen LogP contribution in [-0.4, -0.2) is 28.0 Å². The van der Waals surface area contributed by atoms with Crippen LogP contribution in [0, 0.1) is 24.0 Å². The summed E-state index contributed by atoms with van der Waals surface area (Å²) in [6.07, 6.45) is 0. The van der Waals surface area contributed by atoms with Gasteiger partial charge in [-0.15, -0.1) is 0 Å². The summed E-state index contributed by atoms with van der Waals surface area (Å²) >= 11 is 0. The second kappa shape index (κ2) is 9.83. The Kier molecular flexibility index (Phi) is 6.64. The summed E-state index contributed by atoms with van der Waals surface area (Å²) in [6, 6.07) is 18.6. The number of pyridine rings is 1. The fourth-order valence-corrected chi connectivity index (χ4v) is 3.96. The Morgan fingerprint density at radius 2 is 1.67 bits per heavy atom. The van der Waals surface area contributed by atoms with Gasteiger partial charge in [-0.3, -0.25) is 19.7 Å². The predicted molar refractivity (Wildman–Crippen MR) is 136 cm³/mol. The van der Waals surface area contributed by atoms with Crippen molar-refractivity contribution < 1.29 is 19.2 Å². The van der Waals surface area contributed by atoms with Crippen molar-refractivity contribution in [3.63, 3.8) is 0 Å². The number of aromatic nitrogens is 1. The highest BCUT2D eigenvalue weighted by Gasteiger charge is 2.24. The first-order valence-electron chi connectivity index (χ1n) is 11.1. The lowest BCUT2D eigenvalue weighted by molar-refractivity contribution is -0.384. The van der Waals surface area contributed by atoms with Crippen LogP contribution < -0.4 is 10.9 Å². The van der Waals surface area contributed by atoms with Crippen molar-refractivity contribution >= 4 is 34.0 Å². The van der Waals surface area contributed by atoms with E-state index in [1.165, 1.54) is 29.8 Å². The van der Waals surface area contributed by atoms with E-state index >= 15 is 0 Å². The van der Waals surface area contributed by atoms with Gasteiger partial charge in [0.1, 0.15) is 5.69 Å². The number of nitrogens with one attached hydrogen (secondary N) is 1. The summed E-state index contributed by atoms with van der Waals surface area (Å²) in [5, 5.41) is 14.6. The fraction of sp³-hybridized carbons (Fsp3) is 0.148. The highest BCUT2D eigenvalue weighted by molar-refractivity contribution is 6.07. The van der Waals surface area contributed by atoms with Crippen molar-refractivity contribution in [1.29, 1.82) is 0 Å². The molecule has 1 aromatic heterocycles. The number of nitro benzene ring substituents is 1. The van der Waals surface area contributed by atoms with Gasteiger partial charge >= 0.3 is 5.97 Å². The number of ether oxygens (including phenoxy) is 1. The zero-order chi connectivity index (χ0) is 26.0. The third kappa shape index (κ3) is 4.72. The van der Waals surface area contributed by atoms with Crippen LogP contribution in [-0.2, 0) is 16.6 Å². The van der Waals surface area contributed by atoms with Gasteiger partial charge < -0.3 is 14.6 Å². The van der Waals surface area contributed by atoms with Crippen molar-refractivity contribution in [2.45, 2.75) is 13.8 Å². The Morgan fingerprint density at radius 1 is 1.00 bits per heavy atom. The minimum absolute atomic E-state index is 0.0156. The van der Waals surface area contributed by atoms with E-state index in [0.717, 1.165) is 11.1 Å². The number of nitrogens with zero attached hydrogens (tertiary/aromatic N) is 2. The maximum atomic E-state index is 13.2. The maximum Gasteiger partial charge on any atom is 0.356 e. The number of rotatable bonds is 6. The smallest absolute Gasteiger partial charge is 0.356 e. The molecule has 0 aliphatic carbocycles. The molecule has 4 rings (SSSR count).